The second-order valence-electron chi connectivity index (χ2n) is 4.38. The van der Waals surface area contributed by atoms with E-state index in [1.54, 1.807) is 12.1 Å². The van der Waals surface area contributed by atoms with Crippen LogP contribution in [-0.2, 0) is 0 Å². The zero-order valence-electron chi connectivity index (χ0n) is 11.6. The molecule has 0 saturated carbocycles. The molecule has 0 radical (unpaired) electrons. The van der Waals surface area contributed by atoms with E-state index >= 15 is 0 Å². The summed E-state index contributed by atoms with van der Waals surface area (Å²) in [5, 5.41) is 9.23. The van der Waals surface area contributed by atoms with Gasteiger partial charge < -0.3 is 9.30 Å². The number of benzene rings is 1. The van der Waals surface area contributed by atoms with Crippen molar-refractivity contribution in [3.8, 4) is 11.4 Å². The number of methoxy groups -OCH3 is 1. The maximum Gasteiger partial charge on any atom is 0.261 e. The molecule has 2 N–H and O–H groups in total. The van der Waals surface area contributed by atoms with E-state index < -0.39 is 5.91 Å². The quantitative estimate of drug-likeness (QED) is 0.774. The van der Waals surface area contributed by atoms with E-state index in [4.69, 9.17) is 16.3 Å². The van der Waals surface area contributed by atoms with Gasteiger partial charge >= 0.3 is 0 Å². The molecule has 0 atom stereocenters. The van der Waals surface area contributed by atoms with Crippen LogP contribution in [0, 0.1) is 0 Å². The molecule has 0 saturated heterocycles. The minimum absolute atomic E-state index is 0.248. The summed E-state index contributed by atoms with van der Waals surface area (Å²) >= 11 is 6.28. The lowest BCUT2D eigenvalue weighted by atomic mass is 10.1. The van der Waals surface area contributed by atoms with Crippen LogP contribution in [0.3, 0.4) is 0 Å². The molecule has 1 aromatic carbocycles. The minimum Gasteiger partial charge on any atom is -0.496 e. The lowest BCUT2D eigenvalue weighted by Gasteiger charge is -2.13. The third-order valence-corrected chi connectivity index (χ3v) is 3.35. The van der Waals surface area contributed by atoms with Crippen molar-refractivity contribution in [1.82, 2.24) is 19.7 Å². The molecule has 1 amide bonds. The summed E-state index contributed by atoms with van der Waals surface area (Å²) in [6, 6.07) is 7.03. The Balaban J connectivity index is 1.98. The number of H-pyrrole nitrogens is 1. The van der Waals surface area contributed by atoms with Gasteiger partial charge in [0.05, 0.1) is 23.4 Å². The van der Waals surface area contributed by atoms with Crippen molar-refractivity contribution in [3.63, 3.8) is 0 Å². The second kappa shape index (κ2) is 5.90. The lowest BCUT2D eigenvalue weighted by molar-refractivity contribution is 0.102. The highest BCUT2D eigenvalue weighted by atomic mass is 35.5. The van der Waals surface area contributed by atoms with E-state index in [0.717, 1.165) is 5.69 Å². The molecule has 0 aliphatic heterocycles. The van der Waals surface area contributed by atoms with Crippen molar-refractivity contribution in [2.24, 2.45) is 0 Å². The van der Waals surface area contributed by atoms with Gasteiger partial charge in [-0.05, 0) is 18.2 Å². The van der Waals surface area contributed by atoms with E-state index in [-0.39, 0.29) is 5.95 Å². The van der Waals surface area contributed by atoms with Gasteiger partial charge in [-0.1, -0.05) is 11.6 Å². The number of hydrogen-bond acceptors (Lipinski definition) is 4. The van der Waals surface area contributed by atoms with Crippen LogP contribution in [0.4, 0.5) is 5.95 Å². The van der Waals surface area contributed by atoms with Gasteiger partial charge in [0, 0.05) is 18.5 Å². The van der Waals surface area contributed by atoms with Crippen molar-refractivity contribution >= 4 is 23.5 Å². The number of carbonyl (C=O) groups excluding carboxylic acids is 1. The average Bonchev–Trinajstić information content (AvgIpc) is 3.20. The van der Waals surface area contributed by atoms with Crippen molar-refractivity contribution in [3.05, 3.63) is 53.6 Å². The molecule has 0 spiro atoms. The Kier molecular flexibility index (Phi) is 3.80. The molecule has 3 aromatic rings. The van der Waals surface area contributed by atoms with Crippen molar-refractivity contribution in [2.45, 2.75) is 0 Å². The number of anilines is 1. The molecular formula is C14H12ClN5O2. The van der Waals surface area contributed by atoms with E-state index in [1.165, 1.54) is 13.4 Å². The lowest BCUT2D eigenvalue weighted by Crippen LogP contribution is -2.14. The summed E-state index contributed by atoms with van der Waals surface area (Å²) in [5.74, 6) is 0.261. The molecule has 3 rings (SSSR count). The molecule has 2 heterocycles. The van der Waals surface area contributed by atoms with Crippen molar-refractivity contribution in [1.29, 1.82) is 0 Å². The summed E-state index contributed by atoms with van der Waals surface area (Å²) in [7, 11) is 1.49. The summed E-state index contributed by atoms with van der Waals surface area (Å²) in [6.07, 6.45) is 5.01. The second-order valence-corrected chi connectivity index (χ2v) is 4.79. The SMILES string of the molecule is COc1cc(-n2cccc2)c(Cl)cc1C(=O)Nc1ncn[nH]1. The van der Waals surface area contributed by atoms with Gasteiger partial charge in [0.15, 0.2) is 0 Å². The first-order valence-corrected chi connectivity index (χ1v) is 6.74. The summed E-state index contributed by atoms with van der Waals surface area (Å²) in [5.41, 5.74) is 1.03. The van der Waals surface area contributed by atoms with Gasteiger partial charge in [-0.25, -0.2) is 5.10 Å². The Hall–Kier alpha value is -2.80. The molecule has 0 fully saturated rings. The third kappa shape index (κ3) is 2.66. The fourth-order valence-electron chi connectivity index (χ4n) is 2.02. The van der Waals surface area contributed by atoms with Gasteiger partial charge in [-0.2, -0.15) is 10.1 Å². The molecule has 7 nitrogen and oxygen atoms in total. The fourth-order valence-corrected chi connectivity index (χ4v) is 2.28. The van der Waals surface area contributed by atoms with Crippen LogP contribution in [0.25, 0.3) is 5.69 Å². The topological polar surface area (TPSA) is 84.8 Å². The Morgan fingerprint density at radius 2 is 2.14 bits per heavy atom. The van der Waals surface area contributed by atoms with Crippen LogP contribution in [-0.4, -0.2) is 32.8 Å². The first-order chi connectivity index (χ1) is 10.7. The highest BCUT2D eigenvalue weighted by Crippen LogP contribution is 2.30. The van der Waals surface area contributed by atoms with Crippen molar-refractivity contribution in [2.75, 3.05) is 12.4 Å². The molecule has 112 valence electrons. The number of rotatable bonds is 4. The number of halogens is 1. The van der Waals surface area contributed by atoms with Crippen LogP contribution >= 0.6 is 11.6 Å². The largest absolute Gasteiger partial charge is 0.496 e. The maximum atomic E-state index is 12.3. The molecule has 22 heavy (non-hydrogen) atoms. The van der Waals surface area contributed by atoms with Gasteiger partial charge in [0.1, 0.15) is 12.1 Å². The number of hydrogen-bond donors (Lipinski definition) is 2. The molecule has 0 bridgehead atoms. The average molecular weight is 318 g/mol. The van der Waals surface area contributed by atoms with Crippen molar-refractivity contribution < 1.29 is 9.53 Å². The van der Waals surface area contributed by atoms with Gasteiger partial charge in [0.25, 0.3) is 5.91 Å². The smallest absolute Gasteiger partial charge is 0.261 e. The molecule has 0 unspecified atom stereocenters. The van der Waals surface area contributed by atoms with Crippen LogP contribution < -0.4 is 10.1 Å². The third-order valence-electron chi connectivity index (χ3n) is 3.04. The fraction of sp³-hybridized carbons (Fsp3) is 0.0714. The van der Waals surface area contributed by atoms with E-state index in [0.29, 0.717) is 16.3 Å². The number of aromatic nitrogens is 4. The zero-order chi connectivity index (χ0) is 15.5. The number of carbonyl (C=O) groups is 1. The van der Waals surface area contributed by atoms with Crippen LogP contribution in [0.1, 0.15) is 10.4 Å². The van der Waals surface area contributed by atoms with E-state index in [1.807, 2.05) is 29.1 Å². The molecule has 8 heteroatoms. The predicted octanol–water partition coefficient (Wildman–Crippen LogP) is 2.51. The minimum atomic E-state index is -0.394. The predicted molar refractivity (Wildman–Crippen MR) is 81.7 cm³/mol. The standard InChI is InChI=1S/C14H12ClN5O2/c1-22-12-7-11(20-4-2-3-5-20)10(15)6-9(12)13(21)18-14-16-8-17-19-14/h2-8H,1H3,(H2,16,17,18,19,21). The van der Waals surface area contributed by atoms with Crippen LogP contribution in [0.15, 0.2) is 43.0 Å². The molecule has 2 aromatic heterocycles. The Bertz CT molecular complexity index is 784. The Labute approximate surface area is 130 Å². The highest BCUT2D eigenvalue weighted by Gasteiger charge is 2.17. The van der Waals surface area contributed by atoms with Crippen LogP contribution in [0.2, 0.25) is 5.02 Å². The summed E-state index contributed by atoms with van der Waals surface area (Å²) in [4.78, 5) is 16.1. The number of nitrogens with zero attached hydrogens (tertiary/aromatic N) is 3. The highest BCUT2D eigenvalue weighted by molar-refractivity contribution is 6.33. The number of aromatic amines is 1. The van der Waals surface area contributed by atoms with E-state index in [2.05, 4.69) is 20.5 Å². The molecule has 0 aliphatic carbocycles. The Morgan fingerprint density at radius 1 is 1.36 bits per heavy atom. The Morgan fingerprint density at radius 3 is 2.77 bits per heavy atom. The number of ether oxygens (including phenoxy) is 1. The monoisotopic (exact) mass is 317 g/mol. The maximum absolute atomic E-state index is 12.3. The summed E-state index contributed by atoms with van der Waals surface area (Å²) < 4.78 is 7.14. The van der Waals surface area contributed by atoms with Gasteiger partial charge in [0.2, 0.25) is 5.95 Å². The van der Waals surface area contributed by atoms with E-state index in [9.17, 15) is 4.79 Å². The number of nitrogens with one attached hydrogen (secondary N) is 2. The molecular weight excluding hydrogens is 306 g/mol. The number of amides is 1. The van der Waals surface area contributed by atoms with Gasteiger partial charge in [-0.15, -0.1) is 0 Å². The zero-order valence-corrected chi connectivity index (χ0v) is 12.3. The normalized spacial score (nSPS) is 10.5. The summed E-state index contributed by atoms with van der Waals surface area (Å²) in [6.45, 7) is 0. The van der Waals surface area contributed by atoms with Crippen LogP contribution in [0.5, 0.6) is 5.75 Å². The first-order valence-electron chi connectivity index (χ1n) is 6.36. The first kappa shape index (κ1) is 14.2. The molecule has 0 aliphatic rings. The van der Waals surface area contributed by atoms with Gasteiger partial charge in [-0.3, -0.25) is 10.1 Å².